The average molecular weight is 555 g/mol. The zero-order valence-electron chi connectivity index (χ0n) is 20.0. The van der Waals surface area contributed by atoms with Crippen molar-refractivity contribution in [2.75, 3.05) is 20.8 Å². The first kappa shape index (κ1) is 26.6. The lowest BCUT2D eigenvalue weighted by molar-refractivity contribution is -0.216. The highest BCUT2D eigenvalue weighted by molar-refractivity contribution is 9.10. The van der Waals surface area contributed by atoms with Gasteiger partial charge < -0.3 is 33.5 Å². The smallest absolute Gasteiger partial charge is 0.303 e. The Balaban J connectivity index is 2.10. The summed E-state index contributed by atoms with van der Waals surface area (Å²) in [4.78, 5) is 35.0. The summed E-state index contributed by atoms with van der Waals surface area (Å²) in [5.74, 6) is -0.977. The second-order valence-corrected chi connectivity index (χ2v) is 8.80. The number of phenols is 1. The number of hydrogen-bond donors (Lipinski definition) is 1. The van der Waals surface area contributed by atoms with Gasteiger partial charge in [-0.15, -0.1) is 0 Å². The minimum atomic E-state index is -1.02. The molecule has 4 atom stereocenters. The fraction of sp³-hybridized carbons (Fsp3) is 0.458. The fourth-order valence-corrected chi connectivity index (χ4v) is 4.75. The van der Waals surface area contributed by atoms with E-state index in [0.717, 1.165) is 0 Å². The number of rotatable bonds is 7. The maximum Gasteiger partial charge on any atom is 0.303 e. The maximum absolute atomic E-state index is 11.8. The number of benzene rings is 2. The van der Waals surface area contributed by atoms with Crippen LogP contribution < -0.4 is 9.47 Å². The van der Waals surface area contributed by atoms with Crippen LogP contribution in [-0.4, -0.2) is 62.2 Å². The number of fused-ring (bicyclic) bond motifs is 1. The number of hydrogen-bond acceptors (Lipinski definition) is 10. The Morgan fingerprint density at radius 3 is 2.31 bits per heavy atom. The van der Waals surface area contributed by atoms with E-state index in [0.29, 0.717) is 32.3 Å². The molecule has 190 valence electrons. The quantitative estimate of drug-likeness (QED) is 0.400. The Hall–Kier alpha value is -3.05. The van der Waals surface area contributed by atoms with E-state index in [1.165, 1.54) is 35.0 Å². The molecule has 0 spiro atoms. The van der Waals surface area contributed by atoms with Gasteiger partial charge in [0.05, 0.1) is 30.2 Å². The monoisotopic (exact) mass is 554 g/mol. The van der Waals surface area contributed by atoms with E-state index < -0.39 is 42.3 Å². The summed E-state index contributed by atoms with van der Waals surface area (Å²) in [5.41, 5.74) is 0.377. The highest BCUT2D eigenvalue weighted by Crippen LogP contribution is 2.48. The summed E-state index contributed by atoms with van der Waals surface area (Å²) in [6.45, 7) is 3.43. The van der Waals surface area contributed by atoms with Crippen LogP contribution in [0.1, 0.15) is 38.9 Å². The van der Waals surface area contributed by atoms with Crippen LogP contribution >= 0.6 is 15.9 Å². The summed E-state index contributed by atoms with van der Waals surface area (Å²) in [5, 5.41) is 12.3. The molecule has 10 nitrogen and oxygen atoms in total. The highest BCUT2D eigenvalue weighted by atomic mass is 79.9. The lowest BCUT2D eigenvalue weighted by Crippen LogP contribution is -2.51. The van der Waals surface area contributed by atoms with Gasteiger partial charge in [0.2, 0.25) is 0 Å². The van der Waals surface area contributed by atoms with Gasteiger partial charge in [0.1, 0.15) is 36.1 Å². The van der Waals surface area contributed by atoms with E-state index in [4.69, 9.17) is 28.4 Å². The van der Waals surface area contributed by atoms with Crippen LogP contribution in [0, 0.1) is 0 Å². The molecule has 0 radical (unpaired) electrons. The number of halogens is 1. The molecule has 1 heterocycles. The Kier molecular flexibility index (Phi) is 8.44. The second kappa shape index (κ2) is 11.1. The summed E-state index contributed by atoms with van der Waals surface area (Å²) in [7, 11) is 2.99. The lowest BCUT2D eigenvalue weighted by Gasteiger charge is -2.40. The Labute approximate surface area is 210 Å². The minimum Gasteiger partial charge on any atom is -0.507 e. The van der Waals surface area contributed by atoms with Gasteiger partial charge in [0, 0.05) is 38.1 Å². The highest BCUT2D eigenvalue weighted by Gasteiger charge is 2.44. The van der Waals surface area contributed by atoms with Crippen molar-refractivity contribution in [1.82, 2.24) is 0 Å². The van der Waals surface area contributed by atoms with E-state index in [1.807, 2.05) is 0 Å². The largest absolute Gasteiger partial charge is 0.507 e. The van der Waals surface area contributed by atoms with Gasteiger partial charge in [-0.25, -0.2) is 0 Å². The SMILES string of the molecule is COc1cc(Br)c(OC)c2c(O)c([C@H]3C[C@@H](OC(C)=O)[C@H](OC(C)=O)[C@@H](COC(C)=O)O3)ccc12. The third-order valence-corrected chi connectivity index (χ3v) is 6.12. The third-order valence-electron chi connectivity index (χ3n) is 5.54. The van der Waals surface area contributed by atoms with Crippen LogP contribution in [0.5, 0.6) is 17.2 Å². The van der Waals surface area contributed by atoms with Gasteiger partial charge in [-0.3, -0.25) is 14.4 Å². The number of esters is 3. The van der Waals surface area contributed by atoms with Crippen molar-refractivity contribution in [3.8, 4) is 17.2 Å². The van der Waals surface area contributed by atoms with E-state index in [-0.39, 0.29) is 18.8 Å². The van der Waals surface area contributed by atoms with Gasteiger partial charge in [-0.05, 0) is 28.1 Å². The van der Waals surface area contributed by atoms with Gasteiger partial charge >= 0.3 is 17.9 Å². The van der Waals surface area contributed by atoms with Crippen molar-refractivity contribution in [3.63, 3.8) is 0 Å². The molecule has 2 aromatic carbocycles. The van der Waals surface area contributed by atoms with Gasteiger partial charge in [-0.2, -0.15) is 0 Å². The fourth-order valence-electron chi connectivity index (χ4n) is 4.18. The van der Waals surface area contributed by atoms with Gasteiger partial charge in [0.15, 0.2) is 6.10 Å². The molecule has 11 heteroatoms. The molecule has 35 heavy (non-hydrogen) atoms. The summed E-state index contributed by atoms with van der Waals surface area (Å²) >= 11 is 3.43. The van der Waals surface area contributed by atoms with Gasteiger partial charge in [-0.1, -0.05) is 6.07 Å². The van der Waals surface area contributed by atoms with Crippen molar-refractivity contribution in [2.45, 2.75) is 51.6 Å². The number of aromatic hydroxyl groups is 1. The molecule has 1 N–H and O–H groups in total. The third kappa shape index (κ3) is 5.79. The van der Waals surface area contributed by atoms with Crippen LogP contribution in [0.15, 0.2) is 22.7 Å². The normalized spacial score (nSPS) is 21.8. The average Bonchev–Trinajstić information content (AvgIpc) is 2.78. The topological polar surface area (TPSA) is 127 Å². The van der Waals surface area contributed by atoms with Crippen LogP contribution in [0.4, 0.5) is 0 Å². The van der Waals surface area contributed by atoms with Crippen molar-refractivity contribution in [2.24, 2.45) is 0 Å². The molecule has 0 unspecified atom stereocenters. The first-order valence-electron chi connectivity index (χ1n) is 10.8. The van der Waals surface area contributed by atoms with Crippen molar-refractivity contribution in [3.05, 3.63) is 28.2 Å². The molecule has 0 amide bonds. The molecule has 0 aliphatic carbocycles. The Morgan fingerprint density at radius 1 is 1.06 bits per heavy atom. The molecule has 2 aromatic rings. The number of carbonyl (C=O) groups excluding carboxylic acids is 3. The predicted octanol–water partition coefficient (Wildman–Crippen LogP) is 3.58. The predicted molar refractivity (Wildman–Crippen MR) is 126 cm³/mol. The van der Waals surface area contributed by atoms with Crippen LogP contribution in [-0.2, 0) is 33.3 Å². The number of carbonyl (C=O) groups is 3. The number of methoxy groups -OCH3 is 2. The van der Waals surface area contributed by atoms with E-state index >= 15 is 0 Å². The standard InChI is InChI=1S/C24H27BrO10/c1-11(26)32-10-20-24(34-13(3)28)19(33-12(2)27)9-18(35-20)15-7-6-14-17(30-4)8-16(25)23(31-5)21(14)22(15)29/h6-8,18-20,24,29H,9-10H2,1-5H3/t18-,19-,20-,24+/m1/s1. The summed E-state index contributed by atoms with van der Waals surface area (Å²) < 4.78 is 33.6. The maximum atomic E-state index is 11.8. The second-order valence-electron chi connectivity index (χ2n) is 7.94. The van der Waals surface area contributed by atoms with Crippen molar-refractivity contribution >= 4 is 44.6 Å². The zero-order chi connectivity index (χ0) is 25.9. The minimum absolute atomic E-state index is 0.0701. The Morgan fingerprint density at radius 2 is 1.74 bits per heavy atom. The molecular formula is C24H27BrO10. The molecule has 1 aliphatic rings. The van der Waals surface area contributed by atoms with E-state index in [9.17, 15) is 19.5 Å². The first-order valence-corrected chi connectivity index (χ1v) is 11.6. The summed E-state index contributed by atoms with van der Waals surface area (Å²) in [6, 6.07) is 5.15. The van der Waals surface area contributed by atoms with Crippen LogP contribution in [0.25, 0.3) is 10.8 Å². The van der Waals surface area contributed by atoms with Gasteiger partial charge in [0.25, 0.3) is 0 Å². The lowest BCUT2D eigenvalue weighted by atomic mass is 9.91. The zero-order valence-corrected chi connectivity index (χ0v) is 21.5. The van der Waals surface area contributed by atoms with Crippen molar-refractivity contribution in [1.29, 1.82) is 0 Å². The van der Waals surface area contributed by atoms with E-state index in [1.54, 1.807) is 18.2 Å². The number of phenolic OH excluding ortho intramolecular Hbond substituents is 1. The molecule has 0 saturated carbocycles. The molecule has 1 fully saturated rings. The molecule has 1 aliphatic heterocycles. The van der Waals surface area contributed by atoms with Crippen LogP contribution in [0.3, 0.4) is 0 Å². The molecule has 1 saturated heterocycles. The van der Waals surface area contributed by atoms with E-state index in [2.05, 4.69) is 15.9 Å². The molecular weight excluding hydrogens is 528 g/mol. The molecule has 0 bridgehead atoms. The van der Waals surface area contributed by atoms with Crippen LogP contribution in [0.2, 0.25) is 0 Å². The molecule has 3 rings (SSSR count). The Bertz CT molecular complexity index is 1130. The molecule has 0 aromatic heterocycles. The summed E-state index contributed by atoms with van der Waals surface area (Å²) in [6.07, 6.45) is -3.62. The number of ether oxygens (including phenoxy) is 6. The first-order chi connectivity index (χ1) is 16.6. The van der Waals surface area contributed by atoms with Crippen molar-refractivity contribution < 1.29 is 47.9 Å².